The van der Waals surface area contributed by atoms with E-state index in [9.17, 15) is 14.4 Å². The van der Waals surface area contributed by atoms with E-state index < -0.39 is 17.2 Å². The van der Waals surface area contributed by atoms with E-state index in [0.717, 1.165) is 51.6 Å². The molecule has 2 aliphatic heterocycles. The number of ether oxygens (including phenoxy) is 1. The molecule has 0 unspecified atom stereocenters. The predicted molar refractivity (Wildman–Crippen MR) is 105 cm³/mol. The zero-order valence-corrected chi connectivity index (χ0v) is 17.5. The minimum Gasteiger partial charge on any atom is -0.444 e. The maximum Gasteiger partial charge on any atom is 0.407 e. The van der Waals surface area contributed by atoms with Gasteiger partial charge in [-0.2, -0.15) is 0 Å². The summed E-state index contributed by atoms with van der Waals surface area (Å²) in [6.07, 6.45) is 4.56. The van der Waals surface area contributed by atoms with Crippen LogP contribution in [-0.4, -0.2) is 64.8 Å². The van der Waals surface area contributed by atoms with Crippen LogP contribution in [0.1, 0.15) is 66.2 Å². The fourth-order valence-corrected chi connectivity index (χ4v) is 4.29. The van der Waals surface area contributed by atoms with Gasteiger partial charge in [-0.15, -0.1) is 0 Å². The van der Waals surface area contributed by atoms with Gasteiger partial charge in [0.15, 0.2) is 0 Å². The molecule has 4 amide bonds. The van der Waals surface area contributed by atoms with Crippen LogP contribution < -0.4 is 10.6 Å². The molecule has 1 spiro atoms. The van der Waals surface area contributed by atoms with Gasteiger partial charge in [-0.05, 0) is 65.2 Å². The summed E-state index contributed by atoms with van der Waals surface area (Å²) in [5.41, 5.74) is -1.19. The summed E-state index contributed by atoms with van der Waals surface area (Å²) in [6.45, 7) is 9.48. The third-order valence-corrected chi connectivity index (χ3v) is 6.02. The van der Waals surface area contributed by atoms with Gasteiger partial charge in [0.05, 0.1) is 6.67 Å². The molecule has 0 atom stereocenters. The summed E-state index contributed by atoms with van der Waals surface area (Å²) in [7, 11) is 0. The molecule has 8 nitrogen and oxygen atoms in total. The lowest BCUT2D eigenvalue weighted by Crippen LogP contribution is -2.51. The molecule has 0 aromatic rings. The lowest BCUT2D eigenvalue weighted by atomic mass is 9.77. The SMILES string of the molecule is CC1CCC2(CC1)NC(=O)N(CN1CCC(NC(=O)OC(C)(C)C)CC1)C2=O. The fraction of sp³-hybridized carbons (Fsp3) is 0.850. The van der Waals surface area contributed by atoms with Crippen molar-refractivity contribution in [1.29, 1.82) is 0 Å². The Bertz CT molecular complexity index is 614. The molecule has 1 saturated carbocycles. The van der Waals surface area contributed by atoms with Crippen LogP contribution in [0.5, 0.6) is 0 Å². The minimum atomic E-state index is -0.680. The van der Waals surface area contributed by atoms with Crippen molar-refractivity contribution in [3.05, 3.63) is 0 Å². The number of likely N-dealkylation sites (tertiary alicyclic amines) is 1. The third-order valence-electron chi connectivity index (χ3n) is 6.02. The standard InChI is InChI=1S/C20H34N4O4/c1-14-5-9-20(10-6-14)16(25)24(17(26)22-20)13-23-11-7-15(8-12-23)21-18(27)28-19(2,3)4/h14-15H,5-13H2,1-4H3,(H,21,27)(H,22,26). The normalized spacial score (nSPS) is 29.9. The van der Waals surface area contributed by atoms with Gasteiger partial charge in [-0.1, -0.05) is 6.92 Å². The maximum absolute atomic E-state index is 13.0. The molecule has 0 radical (unpaired) electrons. The Hall–Kier alpha value is -1.83. The summed E-state index contributed by atoms with van der Waals surface area (Å²) < 4.78 is 5.30. The number of amides is 4. The lowest BCUT2D eigenvalue weighted by molar-refractivity contribution is -0.134. The number of nitrogens with zero attached hydrogens (tertiary/aromatic N) is 2. The number of urea groups is 1. The minimum absolute atomic E-state index is 0.0559. The number of alkyl carbamates (subject to hydrolysis) is 1. The van der Waals surface area contributed by atoms with E-state index in [1.54, 1.807) is 0 Å². The van der Waals surface area contributed by atoms with Gasteiger partial charge in [-0.25, -0.2) is 14.5 Å². The average Bonchev–Trinajstić information content (AvgIpc) is 2.82. The van der Waals surface area contributed by atoms with Crippen molar-refractivity contribution >= 4 is 18.0 Å². The number of rotatable bonds is 3. The first-order valence-electron chi connectivity index (χ1n) is 10.4. The first kappa shape index (κ1) is 20.9. The third kappa shape index (κ3) is 4.77. The highest BCUT2D eigenvalue weighted by atomic mass is 16.6. The monoisotopic (exact) mass is 394 g/mol. The summed E-state index contributed by atoms with van der Waals surface area (Å²) in [5, 5.41) is 5.88. The van der Waals surface area contributed by atoms with Crippen molar-refractivity contribution in [2.45, 2.75) is 83.4 Å². The second-order valence-corrected chi connectivity index (χ2v) is 9.61. The van der Waals surface area contributed by atoms with E-state index in [0.29, 0.717) is 12.6 Å². The Morgan fingerprint density at radius 2 is 1.79 bits per heavy atom. The molecule has 3 fully saturated rings. The van der Waals surface area contributed by atoms with Crippen LogP contribution in [0.3, 0.4) is 0 Å². The van der Waals surface area contributed by atoms with Crippen LogP contribution in [0.15, 0.2) is 0 Å². The molecule has 2 N–H and O–H groups in total. The van der Waals surface area contributed by atoms with Gasteiger partial charge in [0.25, 0.3) is 5.91 Å². The average molecular weight is 395 g/mol. The van der Waals surface area contributed by atoms with Crippen LogP contribution in [0.4, 0.5) is 9.59 Å². The second kappa shape index (κ2) is 7.89. The molecular weight excluding hydrogens is 360 g/mol. The Kier molecular flexibility index (Phi) is 5.89. The van der Waals surface area contributed by atoms with Crippen LogP contribution in [0.25, 0.3) is 0 Å². The summed E-state index contributed by atoms with van der Waals surface area (Å²) >= 11 is 0. The molecule has 3 aliphatic rings. The Labute approximate surface area is 167 Å². The number of carbonyl (C=O) groups excluding carboxylic acids is 3. The van der Waals surface area contributed by atoms with Gasteiger partial charge in [-0.3, -0.25) is 9.69 Å². The van der Waals surface area contributed by atoms with E-state index in [1.165, 1.54) is 4.90 Å². The van der Waals surface area contributed by atoms with Gasteiger partial charge < -0.3 is 15.4 Å². The Morgan fingerprint density at radius 1 is 1.18 bits per heavy atom. The first-order chi connectivity index (χ1) is 13.1. The first-order valence-corrected chi connectivity index (χ1v) is 10.4. The van der Waals surface area contributed by atoms with Crippen LogP contribution >= 0.6 is 0 Å². The van der Waals surface area contributed by atoms with Crippen molar-refractivity contribution in [1.82, 2.24) is 20.4 Å². The van der Waals surface area contributed by atoms with Crippen molar-refractivity contribution < 1.29 is 19.1 Å². The molecule has 0 aromatic carbocycles. The molecule has 2 saturated heterocycles. The van der Waals surface area contributed by atoms with E-state index >= 15 is 0 Å². The molecule has 28 heavy (non-hydrogen) atoms. The smallest absolute Gasteiger partial charge is 0.407 e. The van der Waals surface area contributed by atoms with Gasteiger partial charge in [0.2, 0.25) is 0 Å². The molecule has 1 aliphatic carbocycles. The number of hydrogen-bond acceptors (Lipinski definition) is 5. The van der Waals surface area contributed by atoms with E-state index in [1.807, 2.05) is 20.8 Å². The number of hydrogen-bond donors (Lipinski definition) is 2. The molecule has 0 bridgehead atoms. The number of nitrogens with one attached hydrogen (secondary N) is 2. The van der Waals surface area contributed by atoms with Crippen molar-refractivity contribution in [3.63, 3.8) is 0 Å². The molecular formula is C20H34N4O4. The van der Waals surface area contributed by atoms with Crippen LogP contribution in [-0.2, 0) is 9.53 Å². The second-order valence-electron chi connectivity index (χ2n) is 9.61. The summed E-state index contributed by atoms with van der Waals surface area (Å²) in [5.74, 6) is 0.541. The van der Waals surface area contributed by atoms with E-state index in [2.05, 4.69) is 22.5 Å². The Morgan fingerprint density at radius 3 is 2.36 bits per heavy atom. The maximum atomic E-state index is 13.0. The van der Waals surface area contributed by atoms with Gasteiger partial charge in [0.1, 0.15) is 11.1 Å². The summed E-state index contributed by atoms with van der Waals surface area (Å²) in [6, 6.07) is -0.214. The van der Waals surface area contributed by atoms with Gasteiger partial charge in [0, 0.05) is 19.1 Å². The molecule has 158 valence electrons. The highest BCUT2D eigenvalue weighted by molar-refractivity contribution is 6.07. The number of carbonyl (C=O) groups is 3. The quantitative estimate of drug-likeness (QED) is 0.718. The summed E-state index contributed by atoms with van der Waals surface area (Å²) in [4.78, 5) is 40.8. The predicted octanol–water partition coefficient (Wildman–Crippen LogP) is 2.43. The molecule has 0 aromatic heterocycles. The fourth-order valence-electron chi connectivity index (χ4n) is 4.29. The van der Waals surface area contributed by atoms with Crippen molar-refractivity contribution in [3.8, 4) is 0 Å². The van der Waals surface area contributed by atoms with Crippen molar-refractivity contribution in [2.75, 3.05) is 19.8 Å². The number of imide groups is 1. The lowest BCUT2D eigenvalue weighted by Gasteiger charge is -2.35. The molecule has 2 heterocycles. The van der Waals surface area contributed by atoms with Gasteiger partial charge >= 0.3 is 12.1 Å². The van der Waals surface area contributed by atoms with Crippen molar-refractivity contribution in [2.24, 2.45) is 5.92 Å². The van der Waals surface area contributed by atoms with Crippen LogP contribution in [0, 0.1) is 5.92 Å². The Balaban J connectivity index is 1.48. The largest absolute Gasteiger partial charge is 0.444 e. The zero-order valence-electron chi connectivity index (χ0n) is 17.5. The molecule has 3 rings (SSSR count). The topological polar surface area (TPSA) is 91.0 Å². The van der Waals surface area contributed by atoms with E-state index in [4.69, 9.17) is 4.74 Å². The highest BCUT2D eigenvalue weighted by Crippen LogP contribution is 2.36. The zero-order chi connectivity index (χ0) is 20.5. The molecule has 8 heteroatoms. The number of piperidine rings is 1. The van der Waals surface area contributed by atoms with Crippen LogP contribution in [0.2, 0.25) is 0 Å². The highest BCUT2D eigenvalue weighted by Gasteiger charge is 2.52. The van der Waals surface area contributed by atoms with E-state index in [-0.39, 0.29) is 18.0 Å².